The Labute approximate surface area is 153 Å². The summed E-state index contributed by atoms with van der Waals surface area (Å²) in [4.78, 5) is 35.1. The number of rotatable bonds is 6. The number of carbonyl (C=O) groups is 1. The van der Waals surface area contributed by atoms with E-state index >= 15 is 0 Å². The molecule has 2 heterocycles. The smallest absolute Gasteiger partial charge is 0.261 e. The van der Waals surface area contributed by atoms with Crippen molar-refractivity contribution in [3.8, 4) is 11.5 Å². The van der Waals surface area contributed by atoms with Gasteiger partial charge in [-0.3, -0.25) is 9.59 Å². The summed E-state index contributed by atoms with van der Waals surface area (Å²) in [6, 6.07) is 8.40. The first-order valence-electron chi connectivity index (χ1n) is 7.60. The monoisotopic (exact) mass is 372 g/mol. The zero-order valence-electron chi connectivity index (χ0n) is 14.1. The van der Waals surface area contributed by atoms with E-state index in [0.717, 1.165) is 11.8 Å². The number of anilines is 1. The third-order valence-electron chi connectivity index (χ3n) is 3.47. The van der Waals surface area contributed by atoms with Crippen LogP contribution < -0.4 is 20.3 Å². The van der Waals surface area contributed by atoms with Crippen LogP contribution in [0.4, 0.5) is 5.69 Å². The minimum Gasteiger partial charge on any atom is -0.493 e. The second-order valence-corrected chi connectivity index (χ2v) is 6.12. The lowest BCUT2D eigenvalue weighted by Gasteiger charge is -2.10. The van der Waals surface area contributed by atoms with Crippen molar-refractivity contribution in [1.29, 1.82) is 0 Å². The van der Waals surface area contributed by atoms with Gasteiger partial charge in [0.25, 0.3) is 5.56 Å². The fourth-order valence-electron chi connectivity index (χ4n) is 2.27. The number of fused-ring (bicyclic) bond motifs is 1. The molecule has 0 aliphatic heterocycles. The molecule has 8 nitrogen and oxygen atoms in total. The molecule has 26 heavy (non-hydrogen) atoms. The number of ether oxygens (including phenoxy) is 2. The van der Waals surface area contributed by atoms with Crippen molar-refractivity contribution in [3.05, 3.63) is 46.9 Å². The molecule has 0 aliphatic rings. The molecule has 2 N–H and O–H groups in total. The Morgan fingerprint density at radius 1 is 1.23 bits per heavy atom. The number of aromatic nitrogens is 3. The van der Waals surface area contributed by atoms with Crippen molar-refractivity contribution in [3.63, 3.8) is 0 Å². The topological polar surface area (TPSA) is 106 Å². The van der Waals surface area contributed by atoms with Crippen LogP contribution >= 0.6 is 11.8 Å². The number of thioether (sulfide) groups is 1. The van der Waals surface area contributed by atoms with Gasteiger partial charge in [0.15, 0.2) is 22.3 Å². The van der Waals surface area contributed by atoms with Gasteiger partial charge in [-0.05, 0) is 24.3 Å². The highest BCUT2D eigenvalue weighted by Crippen LogP contribution is 2.29. The van der Waals surface area contributed by atoms with Crippen molar-refractivity contribution < 1.29 is 14.3 Å². The molecule has 0 atom stereocenters. The Bertz CT molecular complexity index is 1010. The van der Waals surface area contributed by atoms with E-state index in [9.17, 15) is 9.59 Å². The van der Waals surface area contributed by atoms with Crippen LogP contribution in [0.5, 0.6) is 11.5 Å². The van der Waals surface area contributed by atoms with Gasteiger partial charge in [0.05, 0.1) is 25.4 Å². The predicted molar refractivity (Wildman–Crippen MR) is 99.1 cm³/mol. The molecule has 0 radical (unpaired) electrons. The van der Waals surface area contributed by atoms with Crippen molar-refractivity contribution in [2.45, 2.75) is 5.16 Å². The number of nitrogens with zero attached hydrogens (tertiary/aromatic N) is 2. The predicted octanol–water partition coefficient (Wildman–Crippen LogP) is 2.07. The lowest BCUT2D eigenvalue weighted by Crippen LogP contribution is -2.15. The summed E-state index contributed by atoms with van der Waals surface area (Å²) in [7, 11) is 3.06. The first-order chi connectivity index (χ1) is 12.6. The number of hydrogen-bond donors (Lipinski definition) is 2. The van der Waals surface area contributed by atoms with Gasteiger partial charge >= 0.3 is 0 Å². The van der Waals surface area contributed by atoms with Gasteiger partial charge in [-0.25, -0.2) is 9.97 Å². The summed E-state index contributed by atoms with van der Waals surface area (Å²) < 4.78 is 10.4. The van der Waals surface area contributed by atoms with Crippen LogP contribution in [0.15, 0.2) is 46.5 Å². The van der Waals surface area contributed by atoms with Gasteiger partial charge < -0.3 is 19.8 Å². The molecule has 0 aliphatic carbocycles. The number of hydrogen-bond acceptors (Lipinski definition) is 7. The Morgan fingerprint density at radius 2 is 2.04 bits per heavy atom. The highest BCUT2D eigenvalue weighted by atomic mass is 32.2. The van der Waals surface area contributed by atoms with E-state index in [-0.39, 0.29) is 17.2 Å². The molecule has 1 amide bonds. The van der Waals surface area contributed by atoms with Crippen molar-refractivity contribution >= 4 is 34.4 Å². The van der Waals surface area contributed by atoms with Gasteiger partial charge in [-0.2, -0.15) is 0 Å². The Balaban J connectivity index is 1.67. The van der Waals surface area contributed by atoms with E-state index in [0.29, 0.717) is 33.4 Å². The molecule has 134 valence electrons. The normalized spacial score (nSPS) is 10.5. The SMILES string of the molecule is COc1ccc(NC(=O)CSc2nc3ncccc3c(=O)[nH]2)cc1OC. The van der Waals surface area contributed by atoms with E-state index in [1.807, 2.05) is 0 Å². The van der Waals surface area contributed by atoms with Gasteiger partial charge in [0, 0.05) is 18.0 Å². The van der Waals surface area contributed by atoms with Crippen LogP contribution in [0.3, 0.4) is 0 Å². The number of nitrogens with one attached hydrogen (secondary N) is 2. The average molecular weight is 372 g/mol. The summed E-state index contributed by atoms with van der Waals surface area (Å²) in [5.74, 6) is 0.927. The third-order valence-corrected chi connectivity index (χ3v) is 4.34. The molecule has 9 heteroatoms. The van der Waals surface area contributed by atoms with Crippen LogP contribution in [0, 0.1) is 0 Å². The molecule has 1 aromatic carbocycles. The lowest BCUT2D eigenvalue weighted by molar-refractivity contribution is -0.113. The molecular formula is C17H16N4O4S. The van der Waals surface area contributed by atoms with Crippen LogP contribution in [0.25, 0.3) is 11.0 Å². The molecule has 0 spiro atoms. The maximum atomic E-state index is 12.1. The fourth-order valence-corrected chi connectivity index (χ4v) is 2.92. The van der Waals surface area contributed by atoms with E-state index in [1.165, 1.54) is 7.11 Å². The standard InChI is InChI=1S/C17H16N4O4S/c1-24-12-6-5-10(8-13(12)25-2)19-14(22)9-26-17-20-15-11(16(23)21-17)4-3-7-18-15/h3-8H,9H2,1-2H3,(H,19,22)(H,18,20,21,23). The molecule has 3 aromatic rings. The minimum atomic E-state index is -0.286. The second-order valence-electron chi connectivity index (χ2n) is 5.15. The quantitative estimate of drug-likeness (QED) is 0.504. The first-order valence-corrected chi connectivity index (χ1v) is 8.59. The number of pyridine rings is 1. The molecule has 0 unspecified atom stereocenters. The highest BCUT2D eigenvalue weighted by Gasteiger charge is 2.10. The van der Waals surface area contributed by atoms with E-state index < -0.39 is 0 Å². The summed E-state index contributed by atoms with van der Waals surface area (Å²) in [6.07, 6.45) is 1.56. The van der Waals surface area contributed by atoms with Gasteiger partial charge in [0.2, 0.25) is 5.91 Å². The third kappa shape index (κ3) is 3.94. The Morgan fingerprint density at radius 3 is 2.81 bits per heavy atom. The van der Waals surface area contributed by atoms with Crippen LogP contribution in [-0.4, -0.2) is 40.8 Å². The highest BCUT2D eigenvalue weighted by molar-refractivity contribution is 7.99. The maximum Gasteiger partial charge on any atom is 0.261 e. The second kappa shape index (κ2) is 7.87. The van der Waals surface area contributed by atoms with Crippen molar-refractivity contribution in [2.24, 2.45) is 0 Å². The number of carbonyl (C=O) groups excluding carboxylic acids is 1. The van der Waals surface area contributed by atoms with E-state index in [4.69, 9.17) is 9.47 Å². The largest absolute Gasteiger partial charge is 0.493 e. The molecule has 0 bridgehead atoms. The Kier molecular flexibility index (Phi) is 5.37. The minimum absolute atomic E-state index is 0.0790. The summed E-state index contributed by atoms with van der Waals surface area (Å²) in [5.41, 5.74) is 0.639. The molecule has 0 fully saturated rings. The molecular weight excluding hydrogens is 356 g/mol. The van der Waals surface area contributed by atoms with Gasteiger partial charge in [-0.1, -0.05) is 11.8 Å². The average Bonchev–Trinajstić information content (AvgIpc) is 2.66. The number of aromatic amines is 1. The fraction of sp³-hybridized carbons (Fsp3) is 0.176. The van der Waals surface area contributed by atoms with Crippen molar-refractivity contribution in [1.82, 2.24) is 15.0 Å². The number of H-pyrrole nitrogens is 1. The molecule has 2 aromatic heterocycles. The molecule has 3 rings (SSSR count). The summed E-state index contributed by atoms with van der Waals surface area (Å²) >= 11 is 1.12. The lowest BCUT2D eigenvalue weighted by atomic mass is 10.2. The van der Waals surface area contributed by atoms with E-state index in [2.05, 4.69) is 20.3 Å². The number of amides is 1. The molecule has 0 saturated heterocycles. The zero-order chi connectivity index (χ0) is 18.5. The summed E-state index contributed by atoms with van der Waals surface area (Å²) in [6.45, 7) is 0. The zero-order valence-corrected chi connectivity index (χ0v) is 14.9. The molecule has 0 saturated carbocycles. The van der Waals surface area contributed by atoms with Gasteiger partial charge in [-0.15, -0.1) is 0 Å². The van der Waals surface area contributed by atoms with Crippen molar-refractivity contribution in [2.75, 3.05) is 25.3 Å². The number of methoxy groups -OCH3 is 2. The van der Waals surface area contributed by atoms with Gasteiger partial charge in [0.1, 0.15) is 0 Å². The van der Waals surface area contributed by atoms with Crippen LogP contribution in [0.2, 0.25) is 0 Å². The summed E-state index contributed by atoms with van der Waals surface area (Å²) in [5, 5.41) is 3.50. The maximum absolute atomic E-state index is 12.1. The first kappa shape index (κ1) is 17.7. The van der Waals surface area contributed by atoms with Crippen LogP contribution in [-0.2, 0) is 4.79 Å². The Hall–Kier alpha value is -3.07. The van der Waals surface area contributed by atoms with E-state index in [1.54, 1.807) is 43.6 Å². The van der Waals surface area contributed by atoms with Crippen LogP contribution in [0.1, 0.15) is 0 Å². The number of benzene rings is 1.